The molecule has 1 aliphatic carbocycles. The molecule has 2 N–H and O–H groups in total. The SMILES string of the molecule is C#CCN(C)Cc1ccccc1.NC1C=C(c2ccccc2)CCC1. The first-order chi connectivity index (χ1) is 12.2. The van der Waals surface area contributed by atoms with Crippen molar-refractivity contribution in [2.24, 2.45) is 5.73 Å². The van der Waals surface area contributed by atoms with Crippen LogP contribution in [0.5, 0.6) is 0 Å². The molecular weight excluding hydrogens is 304 g/mol. The largest absolute Gasteiger partial charge is 0.324 e. The normalized spacial score (nSPS) is 16.4. The van der Waals surface area contributed by atoms with Crippen molar-refractivity contribution in [2.75, 3.05) is 13.6 Å². The van der Waals surface area contributed by atoms with E-state index in [0.717, 1.165) is 13.0 Å². The van der Waals surface area contributed by atoms with Gasteiger partial charge in [-0.25, -0.2) is 0 Å². The Hall–Kier alpha value is -2.34. The summed E-state index contributed by atoms with van der Waals surface area (Å²) >= 11 is 0. The Kier molecular flexibility index (Phi) is 7.98. The van der Waals surface area contributed by atoms with Gasteiger partial charge in [0.05, 0.1) is 6.54 Å². The van der Waals surface area contributed by atoms with Gasteiger partial charge in [0.25, 0.3) is 0 Å². The fourth-order valence-electron chi connectivity index (χ4n) is 2.95. The van der Waals surface area contributed by atoms with Crippen LogP contribution < -0.4 is 5.73 Å². The summed E-state index contributed by atoms with van der Waals surface area (Å²) in [6, 6.07) is 21.1. The standard InChI is InChI=1S/C12H15N.C11H13N/c13-12-8-4-7-11(9-12)10-5-2-1-3-6-10;1-3-9-12(2)10-11-7-5-4-6-8-11/h1-3,5-6,9,12H,4,7-8,13H2;1,4-8H,9-10H2,2H3. The van der Waals surface area contributed by atoms with Crippen LogP contribution in [0.15, 0.2) is 66.7 Å². The van der Waals surface area contributed by atoms with Gasteiger partial charge in [-0.1, -0.05) is 72.7 Å². The average molecular weight is 332 g/mol. The summed E-state index contributed by atoms with van der Waals surface area (Å²) in [7, 11) is 2.02. The molecule has 0 aliphatic heterocycles. The molecule has 0 fully saturated rings. The minimum absolute atomic E-state index is 0.268. The Morgan fingerprint density at radius 2 is 1.72 bits per heavy atom. The molecule has 0 aromatic heterocycles. The second kappa shape index (κ2) is 10.5. The van der Waals surface area contributed by atoms with E-state index in [1.807, 2.05) is 31.3 Å². The van der Waals surface area contributed by atoms with E-state index in [1.165, 1.54) is 29.5 Å². The summed E-state index contributed by atoms with van der Waals surface area (Å²) in [6.45, 7) is 1.62. The molecule has 1 unspecified atom stereocenters. The fourth-order valence-corrected chi connectivity index (χ4v) is 2.95. The van der Waals surface area contributed by atoms with Crippen molar-refractivity contribution in [1.82, 2.24) is 4.90 Å². The van der Waals surface area contributed by atoms with Crippen molar-refractivity contribution in [3.05, 3.63) is 77.9 Å². The Balaban J connectivity index is 0.000000181. The number of hydrogen-bond donors (Lipinski definition) is 1. The van der Waals surface area contributed by atoms with Gasteiger partial charge in [-0.15, -0.1) is 6.42 Å². The molecule has 0 spiro atoms. The summed E-state index contributed by atoms with van der Waals surface area (Å²) in [5.74, 6) is 2.61. The van der Waals surface area contributed by atoms with Crippen LogP contribution in [0.1, 0.15) is 30.4 Å². The molecule has 1 aliphatic rings. The lowest BCUT2D eigenvalue weighted by molar-refractivity contribution is 0.369. The first kappa shape index (κ1) is 19.0. The third-order valence-corrected chi connectivity index (χ3v) is 4.20. The lowest BCUT2D eigenvalue weighted by atomic mass is 9.91. The van der Waals surface area contributed by atoms with Gasteiger partial charge in [-0.05, 0) is 43.0 Å². The van der Waals surface area contributed by atoms with Gasteiger partial charge in [0, 0.05) is 12.6 Å². The lowest BCUT2D eigenvalue weighted by Gasteiger charge is -2.17. The van der Waals surface area contributed by atoms with Crippen LogP contribution in [-0.4, -0.2) is 24.5 Å². The molecular formula is C23H28N2. The molecule has 2 aromatic rings. The summed E-state index contributed by atoms with van der Waals surface area (Å²) in [6.07, 6.45) is 10.9. The molecule has 1 atom stereocenters. The topological polar surface area (TPSA) is 29.3 Å². The maximum atomic E-state index is 5.89. The van der Waals surface area contributed by atoms with Crippen molar-refractivity contribution in [3.63, 3.8) is 0 Å². The Morgan fingerprint density at radius 1 is 1.08 bits per heavy atom. The maximum Gasteiger partial charge on any atom is 0.0599 e. The summed E-state index contributed by atoms with van der Waals surface area (Å²) < 4.78 is 0. The number of benzene rings is 2. The van der Waals surface area contributed by atoms with Crippen molar-refractivity contribution in [1.29, 1.82) is 0 Å². The Morgan fingerprint density at radius 3 is 2.32 bits per heavy atom. The highest BCUT2D eigenvalue weighted by Gasteiger charge is 2.10. The predicted octanol–water partition coefficient (Wildman–Crippen LogP) is 4.33. The van der Waals surface area contributed by atoms with Gasteiger partial charge in [0.2, 0.25) is 0 Å². The van der Waals surface area contributed by atoms with Crippen molar-refractivity contribution in [3.8, 4) is 12.3 Å². The van der Waals surface area contributed by atoms with Gasteiger partial charge in [0.1, 0.15) is 0 Å². The summed E-state index contributed by atoms with van der Waals surface area (Å²) in [5.41, 5.74) is 9.93. The van der Waals surface area contributed by atoms with Crippen molar-refractivity contribution in [2.45, 2.75) is 31.8 Å². The van der Waals surface area contributed by atoms with E-state index in [9.17, 15) is 0 Å². The van der Waals surface area contributed by atoms with E-state index in [-0.39, 0.29) is 6.04 Å². The number of nitrogens with zero attached hydrogens (tertiary/aromatic N) is 1. The molecule has 0 amide bonds. The molecule has 0 saturated heterocycles. The third-order valence-electron chi connectivity index (χ3n) is 4.20. The van der Waals surface area contributed by atoms with Crippen molar-refractivity contribution >= 4 is 5.57 Å². The minimum atomic E-state index is 0.268. The van der Waals surface area contributed by atoms with Gasteiger partial charge >= 0.3 is 0 Å². The molecule has 130 valence electrons. The van der Waals surface area contributed by atoms with Crippen LogP contribution in [0.25, 0.3) is 5.57 Å². The zero-order valence-electron chi connectivity index (χ0n) is 15.1. The third kappa shape index (κ3) is 6.97. The van der Waals surface area contributed by atoms with Gasteiger partial charge in [-0.2, -0.15) is 0 Å². The number of rotatable bonds is 4. The molecule has 2 heteroatoms. The first-order valence-electron chi connectivity index (χ1n) is 8.86. The molecule has 2 aromatic carbocycles. The highest BCUT2D eigenvalue weighted by Crippen LogP contribution is 2.25. The van der Waals surface area contributed by atoms with Crippen LogP contribution in [0.3, 0.4) is 0 Å². The van der Waals surface area contributed by atoms with E-state index < -0.39 is 0 Å². The van der Waals surface area contributed by atoms with Crippen LogP contribution in [0.2, 0.25) is 0 Å². The molecule has 2 nitrogen and oxygen atoms in total. The predicted molar refractivity (Wildman–Crippen MR) is 108 cm³/mol. The highest BCUT2D eigenvalue weighted by atomic mass is 15.1. The molecule has 25 heavy (non-hydrogen) atoms. The smallest absolute Gasteiger partial charge is 0.0599 e. The van der Waals surface area contributed by atoms with E-state index in [2.05, 4.69) is 53.3 Å². The van der Waals surface area contributed by atoms with Gasteiger partial charge in [0.15, 0.2) is 0 Å². The molecule has 0 saturated carbocycles. The molecule has 0 radical (unpaired) electrons. The highest BCUT2D eigenvalue weighted by molar-refractivity contribution is 5.66. The Labute approximate surface area is 152 Å². The fraction of sp³-hybridized carbons (Fsp3) is 0.304. The minimum Gasteiger partial charge on any atom is -0.324 e. The molecule has 0 heterocycles. The zero-order chi connectivity index (χ0) is 17.9. The number of terminal acetylenes is 1. The summed E-state index contributed by atoms with van der Waals surface area (Å²) in [5, 5.41) is 0. The number of nitrogens with two attached hydrogens (primary N) is 1. The monoisotopic (exact) mass is 332 g/mol. The van der Waals surface area contributed by atoms with E-state index in [0.29, 0.717) is 6.54 Å². The molecule has 0 bridgehead atoms. The van der Waals surface area contributed by atoms with Crippen molar-refractivity contribution < 1.29 is 0 Å². The zero-order valence-corrected chi connectivity index (χ0v) is 15.1. The average Bonchev–Trinajstić information content (AvgIpc) is 2.64. The quantitative estimate of drug-likeness (QED) is 0.844. The second-order valence-corrected chi connectivity index (χ2v) is 6.48. The van der Waals surface area contributed by atoms with Gasteiger partial charge < -0.3 is 5.73 Å². The summed E-state index contributed by atoms with van der Waals surface area (Å²) in [4.78, 5) is 2.11. The van der Waals surface area contributed by atoms with Crippen LogP contribution >= 0.6 is 0 Å². The second-order valence-electron chi connectivity index (χ2n) is 6.48. The lowest BCUT2D eigenvalue weighted by Crippen LogP contribution is -2.19. The number of allylic oxidation sites excluding steroid dienone is 1. The number of hydrogen-bond acceptors (Lipinski definition) is 2. The van der Waals surface area contributed by atoms with Crippen LogP contribution in [-0.2, 0) is 6.54 Å². The van der Waals surface area contributed by atoms with Crippen LogP contribution in [0.4, 0.5) is 0 Å². The van der Waals surface area contributed by atoms with E-state index in [4.69, 9.17) is 12.2 Å². The van der Waals surface area contributed by atoms with E-state index >= 15 is 0 Å². The first-order valence-corrected chi connectivity index (χ1v) is 8.86. The van der Waals surface area contributed by atoms with Gasteiger partial charge in [-0.3, -0.25) is 4.90 Å². The Bertz CT molecular complexity index is 683. The maximum absolute atomic E-state index is 5.89. The molecule has 3 rings (SSSR count). The van der Waals surface area contributed by atoms with E-state index in [1.54, 1.807) is 0 Å². The van der Waals surface area contributed by atoms with Crippen LogP contribution in [0, 0.1) is 12.3 Å².